The predicted molar refractivity (Wildman–Crippen MR) is 106 cm³/mol. The quantitative estimate of drug-likeness (QED) is 0.713. The molecule has 7 nitrogen and oxygen atoms in total. The van der Waals surface area contributed by atoms with E-state index in [1.165, 1.54) is 0 Å². The number of pyridine rings is 2. The number of carbonyl (C=O) groups is 1. The maximum absolute atomic E-state index is 12.3. The molecule has 0 aromatic carbocycles. The minimum atomic E-state index is -0.269. The number of hydrazone groups is 1. The van der Waals surface area contributed by atoms with Crippen molar-refractivity contribution in [2.45, 2.75) is 26.7 Å². The topological polar surface area (TPSA) is 93.0 Å². The van der Waals surface area contributed by atoms with Gasteiger partial charge in [-0.1, -0.05) is 13.8 Å². The van der Waals surface area contributed by atoms with Crippen LogP contribution in [0.2, 0.25) is 0 Å². The first kappa shape index (κ1) is 17.9. The Hall–Kier alpha value is -3.48. The molecule has 28 heavy (non-hydrogen) atoms. The Morgan fingerprint density at radius 3 is 2.43 bits per heavy atom. The summed E-state index contributed by atoms with van der Waals surface area (Å²) >= 11 is 0. The highest BCUT2D eigenvalue weighted by molar-refractivity contribution is 6.04. The van der Waals surface area contributed by atoms with Crippen LogP contribution in [0, 0.1) is 5.41 Å². The zero-order valence-corrected chi connectivity index (χ0v) is 15.8. The molecule has 0 aliphatic heterocycles. The number of hydrogen-bond donors (Lipinski definition) is 1. The van der Waals surface area contributed by atoms with Gasteiger partial charge < -0.3 is 0 Å². The molecule has 7 heteroatoms. The molecule has 3 heterocycles. The van der Waals surface area contributed by atoms with Gasteiger partial charge in [0.25, 0.3) is 5.91 Å². The van der Waals surface area contributed by atoms with E-state index in [4.69, 9.17) is 4.98 Å². The fraction of sp³-hybridized carbons (Fsp3) is 0.238. The number of amides is 1. The van der Waals surface area contributed by atoms with Gasteiger partial charge in [-0.15, -0.1) is 0 Å². The molecule has 0 spiro atoms. The number of aromatic nitrogens is 4. The van der Waals surface area contributed by atoms with Crippen LogP contribution in [0.3, 0.4) is 0 Å². The molecule has 0 unspecified atom stereocenters. The van der Waals surface area contributed by atoms with Crippen LogP contribution in [0.4, 0.5) is 0 Å². The second-order valence-electron chi connectivity index (χ2n) is 7.54. The van der Waals surface area contributed by atoms with Crippen LogP contribution in [0.15, 0.2) is 60.4 Å². The van der Waals surface area contributed by atoms with Gasteiger partial charge in [0.1, 0.15) is 0 Å². The van der Waals surface area contributed by atoms with Gasteiger partial charge in [-0.2, -0.15) is 5.10 Å². The maximum atomic E-state index is 12.3. The summed E-state index contributed by atoms with van der Waals surface area (Å²) in [5.74, 6) is 0.396. The van der Waals surface area contributed by atoms with E-state index in [0.29, 0.717) is 11.4 Å². The van der Waals surface area contributed by atoms with Crippen LogP contribution < -0.4 is 5.43 Å². The average Bonchev–Trinajstić information content (AvgIpc) is 2.72. The van der Waals surface area contributed by atoms with Crippen molar-refractivity contribution in [1.29, 1.82) is 0 Å². The van der Waals surface area contributed by atoms with Crippen molar-refractivity contribution in [3.8, 4) is 11.4 Å². The Labute approximate surface area is 163 Å². The van der Waals surface area contributed by atoms with E-state index >= 15 is 0 Å². The first-order valence-corrected chi connectivity index (χ1v) is 9.05. The lowest BCUT2D eigenvalue weighted by Gasteiger charge is -2.31. The number of nitrogens with zero attached hydrogens (tertiary/aromatic N) is 5. The molecule has 4 rings (SSSR count). The minimum Gasteiger partial charge on any atom is -0.267 e. The lowest BCUT2D eigenvalue weighted by atomic mass is 9.75. The van der Waals surface area contributed by atoms with E-state index in [1.807, 2.05) is 12.1 Å². The molecule has 0 saturated heterocycles. The molecular weight excluding hydrogens is 352 g/mol. The average molecular weight is 372 g/mol. The summed E-state index contributed by atoms with van der Waals surface area (Å²) in [7, 11) is 0. The molecule has 0 radical (unpaired) electrons. The van der Waals surface area contributed by atoms with Crippen molar-refractivity contribution in [2.24, 2.45) is 10.5 Å². The predicted octanol–water partition coefficient (Wildman–Crippen LogP) is 3.04. The minimum absolute atomic E-state index is 0.0168. The van der Waals surface area contributed by atoms with Crippen molar-refractivity contribution in [2.75, 3.05) is 0 Å². The normalized spacial score (nSPS) is 16.4. The maximum Gasteiger partial charge on any atom is 0.271 e. The van der Waals surface area contributed by atoms with Crippen molar-refractivity contribution < 1.29 is 4.79 Å². The van der Waals surface area contributed by atoms with E-state index in [0.717, 1.165) is 35.4 Å². The monoisotopic (exact) mass is 372 g/mol. The van der Waals surface area contributed by atoms with Crippen molar-refractivity contribution in [3.63, 3.8) is 0 Å². The first-order chi connectivity index (χ1) is 13.5. The Morgan fingerprint density at radius 2 is 1.71 bits per heavy atom. The highest BCUT2D eigenvalue weighted by Gasteiger charge is 2.31. The molecule has 1 N–H and O–H groups in total. The van der Waals surface area contributed by atoms with E-state index in [-0.39, 0.29) is 11.3 Å². The van der Waals surface area contributed by atoms with Crippen molar-refractivity contribution in [1.82, 2.24) is 25.4 Å². The standard InChI is InChI=1S/C21H20N6O/c1-21(2)11-17-16(13-24-19(25-17)14-3-7-22-8-4-14)18(12-21)26-27-20(28)15-5-9-23-10-6-15/h3-10,13H,11-12H2,1-2H3,(H,27,28)/b26-18+. The molecule has 1 amide bonds. The number of hydrogen-bond acceptors (Lipinski definition) is 6. The SMILES string of the molecule is CC1(C)C/C(=N\NC(=O)c2ccncc2)c2cnc(-c3ccncc3)nc2C1. The molecule has 0 atom stereocenters. The largest absolute Gasteiger partial charge is 0.271 e. The number of rotatable bonds is 3. The summed E-state index contributed by atoms with van der Waals surface area (Å²) in [6.07, 6.45) is 9.96. The third-order valence-electron chi connectivity index (χ3n) is 4.64. The molecular formula is C21H20N6O. The van der Waals surface area contributed by atoms with E-state index in [1.54, 1.807) is 43.1 Å². The summed E-state index contributed by atoms with van der Waals surface area (Å²) < 4.78 is 0. The summed E-state index contributed by atoms with van der Waals surface area (Å²) in [5.41, 5.74) is 6.68. The summed E-state index contributed by atoms with van der Waals surface area (Å²) in [4.78, 5) is 29.6. The van der Waals surface area contributed by atoms with E-state index in [9.17, 15) is 4.79 Å². The molecule has 1 aliphatic carbocycles. The van der Waals surface area contributed by atoms with Gasteiger partial charge in [0, 0.05) is 47.7 Å². The van der Waals surface area contributed by atoms with Crippen LogP contribution in [-0.2, 0) is 6.42 Å². The lowest BCUT2D eigenvalue weighted by Crippen LogP contribution is -2.31. The van der Waals surface area contributed by atoms with Crippen molar-refractivity contribution in [3.05, 3.63) is 72.1 Å². The van der Waals surface area contributed by atoms with Gasteiger partial charge in [0.2, 0.25) is 0 Å². The Morgan fingerprint density at radius 1 is 1.04 bits per heavy atom. The smallest absolute Gasteiger partial charge is 0.267 e. The van der Waals surface area contributed by atoms with E-state index in [2.05, 4.69) is 39.3 Å². The van der Waals surface area contributed by atoms with Gasteiger partial charge in [0.15, 0.2) is 5.82 Å². The molecule has 140 valence electrons. The molecule has 3 aromatic rings. The number of fused-ring (bicyclic) bond motifs is 1. The van der Waals surface area contributed by atoms with Gasteiger partial charge in [-0.3, -0.25) is 14.8 Å². The zero-order valence-electron chi connectivity index (χ0n) is 15.8. The fourth-order valence-electron chi connectivity index (χ4n) is 3.28. The molecule has 0 saturated carbocycles. The third kappa shape index (κ3) is 3.78. The molecule has 0 fully saturated rings. The summed E-state index contributed by atoms with van der Waals surface area (Å²) in [6.45, 7) is 4.34. The number of nitrogens with one attached hydrogen (secondary N) is 1. The second-order valence-corrected chi connectivity index (χ2v) is 7.54. The van der Waals surface area contributed by atoms with Gasteiger partial charge in [0.05, 0.1) is 11.4 Å². The molecule has 1 aliphatic rings. The van der Waals surface area contributed by atoms with Crippen molar-refractivity contribution >= 4 is 11.6 Å². The number of carbonyl (C=O) groups excluding carboxylic acids is 1. The van der Waals surface area contributed by atoms with Gasteiger partial charge >= 0.3 is 0 Å². The zero-order chi connectivity index (χ0) is 19.6. The van der Waals surface area contributed by atoms with E-state index < -0.39 is 0 Å². The van der Waals surface area contributed by atoms with Crippen LogP contribution in [-0.4, -0.2) is 31.6 Å². The van der Waals surface area contributed by atoms with Crippen LogP contribution in [0.5, 0.6) is 0 Å². The second kappa shape index (κ2) is 7.26. The first-order valence-electron chi connectivity index (χ1n) is 9.05. The Kier molecular flexibility index (Phi) is 4.65. The Balaban J connectivity index is 1.66. The molecule has 3 aromatic heterocycles. The highest BCUT2D eigenvalue weighted by Crippen LogP contribution is 2.34. The van der Waals surface area contributed by atoms with Crippen LogP contribution in [0.1, 0.15) is 41.9 Å². The van der Waals surface area contributed by atoms with Crippen LogP contribution in [0.25, 0.3) is 11.4 Å². The Bertz CT molecular complexity index is 1030. The van der Waals surface area contributed by atoms with Gasteiger partial charge in [-0.05, 0) is 42.5 Å². The summed E-state index contributed by atoms with van der Waals surface area (Å²) in [6, 6.07) is 7.08. The molecule has 0 bridgehead atoms. The third-order valence-corrected chi connectivity index (χ3v) is 4.64. The van der Waals surface area contributed by atoms with Crippen LogP contribution >= 0.6 is 0 Å². The fourth-order valence-corrected chi connectivity index (χ4v) is 3.28. The highest BCUT2D eigenvalue weighted by atomic mass is 16.2. The van der Waals surface area contributed by atoms with Gasteiger partial charge in [-0.25, -0.2) is 15.4 Å². The lowest BCUT2D eigenvalue weighted by molar-refractivity contribution is 0.0954. The summed E-state index contributed by atoms with van der Waals surface area (Å²) in [5, 5.41) is 4.41.